The molecule has 0 radical (unpaired) electrons. The average Bonchev–Trinajstić information content (AvgIpc) is 3.45. The van der Waals surface area contributed by atoms with Gasteiger partial charge in [0.1, 0.15) is 11.5 Å². The van der Waals surface area contributed by atoms with Crippen molar-refractivity contribution in [3.8, 4) is 22.5 Å². The number of H-pyrrole nitrogens is 1. The summed E-state index contributed by atoms with van der Waals surface area (Å²) in [4.78, 5) is 18.1. The second-order valence-corrected chi connectivity index (χ2v) is 8.53. The van der Waals surface area contributed by atoms with Crippen LogP contribution in [0, 0.1) is 5.82 Å². The minimum Gasteiger partial charge on any atom is -0.359 e. The lowest BCUT2D eigenvalue weighted by Crippen LogP contribution is -2.27. The van der Waals surface area contributed by atoms with Crippen molar-refractivity contribution >= 4 is 28.4 Å². The Morgan fingerprint density at radius 3 is 2.62 bits per heavy atom. The fourth-order valence-corrected chi connectivity index (χ4v) is 4.27. The molecule has 0 aliphatic rings. The monoisotopic (exact) mass is 473 g/mol. The molecule has 2 heterocycles. The zero-order valence-electron chi connectivity index (χ0n) is 18.4. The van der Waals surface area contributed by atoms with Crippen molar-refractivity contribution < 1.29 is 13.7 Å². The van der Waals surface area contributed by atoms with Crippen LogP contribution < -0.4 is 0 Å². The van der Waals surface area contributed by atoms with Gasteiger partial charge in [0.15, 0.2) is 5.76 Å². The molecular weight excluding hydrogens is 453 g/mol. The van der Waals surface area contributed by atoms with Crippen LogP contribution in [-0.2, 0) is 17.8 Å². The van der Waals surface area contributed by atoms with Crippen molar-refractivity contribution in [2.75, 3.05) is 7.05 Å². The highest BCUT2D eigenvalue weighted by Crippen LogP contribution is 2.35. The third-order valence-corrected chi connectivity index (χ3v) is 6.12. The lowest BCUT2D eigenvalue weighted by Gasteiger charge is -2.16. The van der Waals surface area contributed by atoms with E-state index >= 15 is 0 Å². The Hall–Kier alpha value is -3.90. The van der Waals surface area contributed by atoms with Crippen molar-refractivity contribution in [2.24, 2.45) is 0 Å². The van der Waals surface area contributed by atoms with Gasteiger partial charge in [-0.1, -0.05) is 65.3 Å². The maximum Gasteiger partial charge on any atom is 0.227 e. The largest absolute Gasteiger partial charge is 0.359 e. The van der Waals surface area contributed by atoms with Crippen LogP contribution in [0.25, 0.3) is 33.4 Å². The van der Waals surface area contributed by atoms with Crippen LogP contribution in [0.4, 0.5) is 4.39 Å². The first-order chi connectivity index (χ1) is 16.5. The quantitative estimate of drug-likeness (QED) is 0.307. The maximum atomic E-state index is 14.1. The molecule has 0 saturated carbocycles. The van der Waals surface area contributed by atoms with E-state index in [0.29, 0.717) is 33.1 Å². The number of benzene rings is 3. The number of carbonyl (C=O) groups is 1. The van der Waals surface area contributed by atoms with Gasteiger partial charge >= 0.3 is 0 Å². The Bertz CT molecular complexity index is 1480. The molecule has 1 amide bonds. The first kappa shape index (κ1) is 21.9. The summed E-state index contributed by atoms with van der Waals surface area (Å²) in [5.41, 5.74) is 4.56. The normalized spacial score (nSPS) is 11.1. The molecule has 0 aliphatic carbocycles. The van der Waals surface area contributed by atoms with E-state index in [1.807, 2.05) is 54.6 Å². The molecule has 5 nitrogen and oxygen atoms in total. The molecular formula is C27H21ClFN3O2. The molecule has 0 aliphatic heterocycles. The number of aromatic amines is 1. The number of nitrogens with zero attached hydrogens (tertiary/aromatic N) is 2. The summed E-state index contributed by atoms with van der Waals surface area (Å²) in [6.45, 7) is 0.261. The fourth-order valence-electron chi connectivity index (χ4n) is 4.04. The van der Waals surface area contributed by atoms with Gasteiger partial charge in [-0.3, -0.25) is 4.79 Å². The number of hydrogen-bond acceptors (Lipinski definition) is 3. The number of rotatable bonds is 6. The minimum atomic E-state index is -0.366. The molecule has 0 fully saturated rings. The van der Waals surface area contributed by atoms with E-state index in [4.69, 9.17) is 16.1 Å². The number of hydrogen-bond donors (Lipinski definition) is 1. The van der Waals surface area contributed by atoms with Gasteiger partial charge in [-0.15, -0.1) is 0 Å². The number of amides is 1. The van der Waals surface area contributed by atoms with Gasteiger partial charge in [-0.2, -0.15) is 0 Å². The van der Waals surface area contributed by atoms with Crippen molar-refractivity contribution in [2.45, 2.75) is 13.0 Å². The summed E-state index contributed by atoms with van der Waals surface area (Å²) in [5.74, 6) is 0.0662. The first-order valence-electron chi connectivity index (χ1n) is 10.8. The summed E-state index contributed by atoms with van der Waals surface area (Å²) in [6, 6.07) is 23.4. The van der Waals surface area contributed by atoms with E-state index < -0.39 is 0 Å². The lowest BCUT2D eigenvalue weighted by molar-refractivity contribution is -0.129. The van der Waals surface area contributed by atoms with Crippen LogP contribution in [-0.4, -0.2) is 28.0 Å². The molecule has 0 bridgehead atoms. The number of aromatic nitrogens is 2. The number of fused-ring (bicyclic) bond motifs is 1. The van der Waals surface area contributed by atoms with E-state index in [1.165, 1.54) is 12.1 Å². The summed E-state index contributed by atoms with van der Waals surface area (Å²) < 4.78 is 19.5. The van der Waals surface area contributed by atoms with E-state index in [0.717, 1.165) is 16.6 Å². The Balaban J connectivity index is 1.42. The van der Waals surface area contributed by atoms with Gasteiger partial charge in [-0.05, 0) is 29.8 Å². The van der Waals surface area contributed by atoms with E-state index in [1.54, 1.807) is 24.1 Å². The zero-order chi connectivity index (χ0) is 23.7. The van der Waals surface area contributed by atoms with Gasteiger partial charge in [0, 0.05) is 40.2 Å². The fraction of sp³-hybridized carbons (Fsp3) is 0.111. The molecule has 0 unspecified atom stereocenters. The van der Waals surface area contributed by atoms with Crippen LogP contribution in [0.1, 0.15) is 11.3 Å². The van der Waals surface area contributed by atoms with Gasteiger partial charge < -0.3 is 14.4 Å². The highest BCUT2D eigenvalue weighted by Gasteiger charge is 2.21. The SMILES string of the molecule is CN(Cc1cc(-c2ccccc2)no1)C(=O)Cc1c(-c2ccccc2Cl)[nH]c2ccc(F)cc12. The summed E-state index contributed by atoms with van der Waals surface area (Å²) in [5, 5.41) is 5.32. The van der Waals surface area contributed by atoms with E-state index in [9.17, 15) is 9.18 Å². The number of halogens is 2. The number of likely N-dealkylation sites (N-methyl/N-ethyl adjacent to an activating group) is 1. The second-order valence-electron chi connectivity index (χ2n) is 8.12. The smallest absolute Gasteiger partial charge is 0.227 e. The predicted molar refractivity (Wildman–Crippen MR) is 131 cm³/mol. The van der Waals surface area contributed by atoms with Gasteiger partial charge in [0.2, 0.25) is 5.91 Å². The molecule has 5 rings (SSSR count). The summed E-state index contributed by atoms with van der Waals surface area (Å²) >= 11 is 6.44. The topological polar surface area (TPSA) is 62.1 Å². The van der Waals surface area contributed by atoms with Crippen LogP contribution in [0.5, 0.6) is 0 Å². The molecule has 3 aromatic carbocycles. The number of carbonyl (C=O) groups excluding carboxylic acids is 1. The summed E-state index contributed by atoms with van der Waals surface area (Å²) in [7, 11) is 1.71. The maximum absolute atomic E-state index is 14.1. The Labute approximate surface area is 200 Å². The Kier molecular flexibility index (Phi) is 5.90. The van der Waals surface area contributed by atoms with Gasteiger partial charge in [-0.25, -0.2) is 4.39 Å². The molecule has 7 heteroatoms. The molecule has 170 valence electrons. The molecule has 0 atom stereocenters. The van der Waals surface area contributed by atoms with Crippen molar-refractivity contribution in [1.82, 2.24) is 15.0 Å². The Morgan fingerprint density at radius 1 is 1.06 bits per heavy atom. The van der Waals surface area contributed by atoms with Gasteiger partial charge in [0.05, 0.1) is 18.7 Å². The molecule has 0 spiro atoms. The van der Waals surface area contributed by atoms with E-state index in [2.05, 4.69) is 10.1 Å². The zero-order valence-corrected chi connectivity index (χ0v) is 19.1. The standard InChI is InChI=1S/C27H21ClFN3O2/c1-32(16-19-14-25(31-34-19)17-7-3-2-4-8-17)26(33)15-22-21-13-18(29)11-12-24(21)30-27(22)20-9-5-6-10-23(20)28/h2-14,30H,15-16H2,1H3. The second kappa shape index (κ2) is 9.15. The van der Waals surface area contributed by atoms with Crippen molar-refractivity contribution in [3.05, 3.63) is 101 Å². The van der Waals surface area contributed by atoms with Crippen LogP contribution in [0.15, 0.2) is 83.4 Å². The number of nitrogens with one attached hydrogen (secondary N) is 1. The van der Waals surface area contributed by atoms with Crippen molar-refractivity contribution in [1.29, 1.82) is 0 Å². The van der Waals surface area contributed by atoms with Crippen LogP contribution >= 0.6 is 11.6 Å². The molecule has 0 saturated heterocycles. The average molecular weight is 474 g/mol. The summed E-state index contributed by atoms with van der Waals surface area (Å²) in [6.07, 6.45) is 0.0696. The molecule has 5 aromatic rings. The lowest BCUT2D eigenvalue weighted by atomic mass is 10.0. The minimum absolute atomic E-state index is 0.0696. The highest BCUT2D eigenvalue weighted by molar-refractivity contribution is 6.33. The van der Waals surface area contributed by atoms with Crippen LogP contribution in [0.2, 0.25) is 5.02 Å². The predicted octanol–water partition coefficient (Wildman–Crippen LogP) is 6.48. The Morgan fingerprint density at radius 2 is 1.82 bits per heavy atom. The molecule has 34 heavy (non-hydrogen) atoms. The third-order valence-electron chi connectivity index (χ3n) is 5.79. The van der Waals surface area contributed by atoms with Crippen LogP contribution in [0.3, 0.4) is 0 Å². The molecule has 1 N–H and O–H groups in total. The highest BCUT2D eigenvalue weighted by atomic mass is 35.5. The van der Waals surface area contributed by atoms with E-state index in [-0.39, 0.29) is 24.7 Å². The van der Waals surface area contributed by atoms with Gasteiger partial charge in [0.25, 0.3) is 0 Å². The molecule has 2 aromatic heterocycles. The third kappa shape index (κ3) is 4.32. The van der Waals surface area contributed by atoms with Crippen molar-refractivity contribution in [3.63, 3.8) is 0 Å². The first-order valence-corrected chi connectivity index (χ1v) is 11.2.